The Kier molecular flexibility index (Phi) is 6.14. The van der Waals surface area contributed by atoms with Gasteiger partial charge in [-0.05, 0) is 56.2 Å². The second-order valence-electron chi connectivity index (χ2n) is 8.84. The molecular formula is C23H34N2O2. The highest BCUT2D eigenvalue weighted by Gasteiger charge is 2.43. The van der Waals surface area contributed by atoms with Crippen molar-refractivity contribution in [2.45, 2.75) is 64.0 Å². The van der Waals surface area contributed by atoms with E-state index in [1.54, 1.807) is 0 Å². The Hall–Kier alpha value is -1.39. The zero-order chi connectivity index (χ0) is 18.5. The molecule has 0 aromatic heterocycles. The molecule has 4 heteroatoms. The summed E-state index contributed by atoms with van der Waals surface area (Å²) in [5.41, 5.74) is 1.63. The van der Waals surface area contributed by atoms with Gasteiger partial charge in [-0.3, -0.25) is 4.79 Å². The molecule has 148 valence electrons. The Bertz CT molecular complexity index is 604. The van der Waals surface area contributed by atoms with Crippen molar-refractivity contribution in [1.29, 1.82) is 0 Å². The molecule has 1 aliphatic carbocycles. The lowest BCUT2D eigenvalue weighted by Crippen LogP contribution is -2.54. The molecule has 1 amide bonds. The second kappa shape index (κ2) is 8.74. The van der Waals surface area contributed by atoms with Gasteiger partial charge in [-0.15, -0.1) is 0 Å². The Morgan fingerprint density at radius 1 is 1.04 bits per heavy atom. The topological polar surface area (TPSA) is 32.8 Å². The average molecular weight is 371 g/mol. The van der Waals surface area contributed by atoms with Gasteiger partial charge < -0.3 is 14.5 Å². The van der Waals surface area contributed by atoms with Gasteiger partial charge in [-0.25, -0.2) is 0 Å². The molecule has 1 aromatic carbocycles. The van der Waals surface area contributed by atoms with Crippen LogP contribution in [-0.2, 0) is 16.1 Å². The van der Waals surface area contributed by atoms with E-state index in [4.69, 9.17) is 4.74 Å². The maximum Gasteiger partial charge on any atom is 0.222 e. The summed E-state index contributed by atoms with van der Waals surface area (Å²) in [6.07, 6.45) is 9.42. The molecule has 3 fully saturated rings. The monoisotopic (exact) mass is 370 g/mol. The third kappa shape index (κ3) is 4.72. The largest absolute Gasteiger partial charge is 0.375 e. The number of ether oxygens (including phenoxy) is 1. The smallest absolute Gasteiger partial charge is 0.222 e. The molecule has 4 rings (SSSR count). The number of amides is 1. The molecule has 2 heterocycles. The number of carbonyl (C=O) groups is 1. The molecule has 1 saturated carbocycles. The highest BCUT2D eigenvalue weighted by molar-refractivity contribution is 5.77. The van der Waals surface area contributed by atoms with E-state index in [0.29, 0.717) is 24.0 Å². The Morgan fingerprint density at radius 3 is 2.52 bits per heavy atom. The van der Waals surface area contributed by atoms with Crippen molar-refractivity contribution in [2.24, 2.45) is 5.41 Å². The van der Waals surface area contributed by atoms with E-state index < -0.39 is 0 Å². The van der Waals surface area contributed by atoms with Crippen LogP contribution in [-0.4, -0.2) is 54.5 Å². The van der Waals surface area contributed by atoms with Crippen molar-refractivity contribution in [1.82, 2.24) is 9.80 Å². The zero-order valence-electron chi connectivity index (χ0n) is 16.6. The minimum Gasteiger partial charge on any atom is -0.375 e. The van der Waals surface area contributed by atoms with Crippen LogP contribution < -0.4 is 0 Å². The van der Waals surface area contributed by atoms with Crippen LogP contribution in [0.25, 0.3) is 0 Å². The minimum absolute atomic E-state index is 0.387. The molecular weight excluding hydrogens is 336 g/mol. The van der Waals surface area contributed by atoms with Crippen LogP contribution >= 0.6 is 0 Å². The third-order valence-corrected chi connectivity index (χ3v) is 7.04. The number of rotatable bonds is 6. The van der Waals surface area contributed by atoms with Crippen molar-refractivity contribution in [2.75, 3.05) is 32.8 Å². The van der Waals surface area contributed by atoms with E-state index >= 15 is 0 Å². The number of hydrogen-bond acceptors (Lipinski definition) is 3. The first-order valence-electron chi connectivity index (χ1n) is 10.9. The highest BCUT2D eigenvalue weighted by atomic mass is 16.5. The van der Waals surface area contributed by atoms with Gasteiger partial charge >= 0.3 is 0 Å². The predicted octanol–water partition coefficient (Wildman–Crippen LogP) is 3.85. The van der Waals surface area contributed by atoms with Crippen LogP contribution in [0.1, 0.15) is 56.9 Å². The molecule has 0 atom stereocenters. The van der Waals surface area contributed by atoms with Crippen molar-refractivity contribution < 1.29 is 9.53 Å². The van der Waals surface area contributed by atoms with Gasteiger partial charge in [0.25, 0.3) is 0 Å². The standard InChI is InChI=1S/C23H34N2O2/c26-22-10-11-23(19-25(22)21-8-4-5-9-21)12-14-24(15-13-23)16-17-27-18-20-6-2-1-3-7-20/h1-3,6-7,21H,4-5,8-19H2. The van der Waals surface area contributed by atoms with Crippen LogP contribution in [0, 0.1) is 5.41 Å². The number of carbonyl (C=O) groups excluding carboxylic acids is 1. The molecule has 0 unspecified atom stereocenters. The third-order valence-electron chi connectivity index (χ3n) is 7.04. The van der Waals surface area contributed by atoms with Crippen LogP contribution in [0.4, 0.5) is 0 Å². The summed E-state index contributed by atoms with van der Waals surface area (Å²) in [5.74, 6) is 0.421. The Morgan fingerprint density at radius 2 is 1.78 bits per heavy atom. The molecule has 2 aliphatic heterocycles. The van der Waals surface area contributed by atoms with Crippen molar-refractivity contribution in [3.8, 4) is 0 Å². The Labute approximate surface area is 163 Å². The van der Waals surface area contributed by atoms with E-state index in [1.807, 2.05) is 6.07 Å². The molecule has 0 N–H and O–H groups in total. The van der Waals surface area contributed by atoms with Gasteiger partial charge in [0.05, 0.1) is 13.2 Å². The van der Waals surface area contributed by atoms with Crippen molar-refractivity contribution in [3.63, 3.8) is 0 Å². The number of benzene rings is 1. The molecule has 1 aromatic rings. The highest BCUT2D eigenvalue weighted by Crippen LogP contribution is 2.42. The lowest BCUT2D eigenvalue weighted by molar-refractivity contribution is -0.142. The SMILES string of the molecule is O=C1CCC2(CCN(CCOCc3ccccc3)CC2)CN1C1CCCC1. The van der Waals surface area contributed by atoms with E-state index in [9.17, 15) is 4.79 Å². The summed E-state index contributed by atoms with van der Waals surface area (Å²) in [6.45, 7) is 5.86. The van der Waals surface area contributed by atoms with Crippen LogP contribution in [0.3, 0.4) is 0 Å². The van der Waals surface area contributed by atoms with E-state index in [2.05, 4.69) is 34.1 Å². The van der Waals surface area contributed by atoms with Crippen LogP contribution in [0.5, 0.6) is 0 Å². The Balaban J connectivity index is 1.20. The van der Waals surface area contributed by atoms with E-state index in [1.165, 1.54) is 44.1 Å². The maximum atomic E-state index is 12.5. The molecule has 4 nitrogen and oxygen atoms in total. The lowest BCUT2D eigenvalue weighted by Gasteiger charge is -2.49. The van der Waals surface area contributed by atoms with Gasteiger partial charge in [0, 0.05) is 25.6 Å². The number of nitrogens with zero attached hydrogens (tertiary/aromatic N) is 2. The van der Waals surface area contributed by atoms with Gasteiger partial charge in [-0.2, -0.15) is 0 Å². The fraction of sp³-hybridized carbons (Fsp3) is 0.696. The molecule has 27 heavy (non-hydrogen) atoms. The van der Waals surface area contributed by atoms with Crippen LogP contribution in [0.15, 0.2) is 30.3 Å². The predicted molar refractivity (Wildman–Crippen MR) is 107 cm³/mol. The summed E-state index contributed by atoms with van der Waals surface area (Å²) in [6, 6.07) is 10.9. The maximum absolute atomic E-state index is 12.5. The molecule has 1 spiro atoms. The lowest BCUT2D eigenvalue weighted by atomic mass is 9.72. The summed E-state index contributed by atoms with van der Waals surface area (Å²) >= 11 is 0. The van der Waals surface area contributed by atoms with Crippen LogP contribution in [0.2, 0.25) is 0 Å². The molecule has 0 bridgehead atoms. The average Bonchev–Trinajstić information content (AvgIpc) is 3.24. The quantitative estimate of drug-likeness (QED) is 0.713. The van der Waals surface area contributed by atoms with E-state index in [-0.39, 0.29) is 0 Å². The van der Waals surface area contributed by atoms with Crippen molar-refractivity contribution in [3.05, 3.63) is 35.9 Å². The first-order chi connectivity index (χ1) is 13.2. The van der Waals surface area contributed by atoms with Gasteiger partial charge in [0.1, 0.15) is 0 Å². The summed E-state index contributed by atoms with van der Waals surface area (Å²) < 4.78 is 5.86. The fourth-order valence-electron chi connectivity index (χ4n) is 5.21. The summed E-state index contributed by atoms with van der Waals surface area (Å²) in [4.78, 5) is 17.3. The first-order valence-corrected chi connectivity index (χ1v) is 10.9. The summed E-state index contributed by atoms with van der Waals surface area (Å²) in [7, 11) is 0. The summed E-state index contributed by atoms with van der Waals surface area (Å²) in [5, 5.41) is 0. The fourth-order valence-corrected chi connectivity index (χ4v) is 5.21. The van der Waals surface area contributed by atoms with Gasteiger partial charge in [-0.1, -0.05) is 43.2 Å². The van der Waals surface area contributed by atoms with E-state index in [0.717, 1.165) is 45.6 Å². The second-order valence-corrected chi connectivity index (χ2v) is 8.84. The minimum atomic E-state index is 0.387. The number of piperidine rings is 2. The number of likely N-dealkylation sites (tertiary alicyclic amines) is 2. The van der Waals surface area contributed by atoms with Gasteiger partial charge in [0.2, 0.25) is 5.91 Å². The molecule has 2 saturated heterocycles. The molecule has 0 radical (unpaired) electrons. The first kappa shape index (κ1) is 18.9. The number of hydrogen-bond donors (Lipinski definition) is 0. The molecule has 3 aliphatic rings. The normalized spacial score (nSPS) is 24.0. The van der Waals surface area contributed by atoms with Crippen molar-refractivity contribution >= 4 is 5.91 Å². The van der Waals surface area contributed by atoms with Gasteiger partial charge in [0.15, 0.2) is 0 Å². The zero-order valence-corrected chi connectivity index (χ0v) is 16.6.